The molecule has 1 aromatic heterocycles. The summed E-state index contributed by atoms with van der Waals surface area (Å²) in [7, 11) is 0. The second-order valence-electron chi connectivity index (χ2n) is 4.10. The lowest BCUT2D eigenvalue weighted by Gasteiger charge is -2.18. The molecule has 0 saturated heterocycles. The van der Waals surface area contributed by atoms with Crippen molar-refractivity contribution in [3.63, 3.8) is 0 Å². The fourth-order valence-electron chi connectivity index (χ4n) is 2.02. The van der Waals surface area contributed by atoms with E-state index in [1.165, 1.54) is 0 Å². The maximum absolute atomic E-state index is 6.21. The van der Waals surface area contributed by atoms with Gasteiger partial charge in [0.05, 0.1) is 0 Å². The van der Waals surface area contributed by atoms with Crippen molar-refractivity contribution in [3.8, 4) is 0 Å². The van der Waals surface area contributed by atoms with E-state index in [1.807, 2.05) is 30.5 Å². The molecule has 4 nitrogen and oxygen atoms in total. The fourth-order valence-corrected chi connectivity index (χ4v) is 2.27. The second-order valence-corrected chi connectivity index (χ2v) is 4.51. The van der Waals surface area contributed by atoms with Gasteiger partial charge in [0, 0.05) is 24.0 Å². The Labute approximate surface area is 112 Å². The highest BCUT2D eigenvalue weighted by Gasteiger charge is 2.19. The maximum Gasteiger partial charge on any atom is 0.131 e. The zero-order valence-electron chi connectivity index (χ0n) is 10.3. The molecule has 0 aliphatic heterocycles. The molecule has 18 heavy (non-hydrogen) atoms. The van der Waals surface area contributed by atoms with Crippen LogP contribution in [0, 0.1) is 0 Å². The lowest BCUT2D eigenvalue weighted by Crippen LogP contribution is -2.31. The molecule has 2 aromatic rings. The van der Waals surface area contributed by atoms with E-state index in [-0.39, 0.29) is 6.04 Å². The molecule has 0 saturated carbocycles. The Morgan fingerprint density at radius 2 is 2.22 bits per heavy atom. The van der Waals surface area contributed by atoms with Crippen LogP contribution in [0.25, 0.3) is 0 Å². The number of benzene rings is 1. The lowest BCUT2D eigenvalue weighted by molar-refractivity contribution is 0.545. The Morgan fingerprint density at radius 1 is 1.44 bits per heavy atom. The van der Waals surface area contributed by atoms with Gasteiger partial charge in [0.15, 0.2) is 0 Å². The average molecular weight is 265 g/mol. The molecule has 2 rings (SSSR count). The third kappa shape index (κ3) is 2.56. The Kier molecular flexibility index (Phi) is 4.36. The van der Waals surface area contributed by atoms with Gasteiger partial charge in [-0.25, -0.2) is 10.4 Å². The summed E-state index contributed by atoms with van der Waals surface area (Å²) < 4.78 is 2.09. The molecule has 0 bridgehead atoms. The van der Waals surface area contributed by atoms with Gasteiger partial charge in [0.25, 0.3) is 0 Å². The quantitative estimate of drug-likeness (QED) is 0.644. The number of nitrogens with two attached hydrogens (primary N) is 1. The van der Waals surface area contributed by atoms with E-state index in [9.17, 15) is 0 Å². The molecular weight excluding hydrogens is 248 g/mol. The smallest absolute Gasteiger partial charge is 0.131 e. The molecule has 0 spiro atoms. The Bertz CT molecular complexity index is 509. The van der Waals surface area contributed by atoms with Crippen molar-refractivity contribution in [3.05, 3.63) is 53.1 Å². The van der Waals surface area contributed by atoms with Crippen LogP contribution in [0.2, 0.25) is 5.02 Å². The van der Waals surface area contributed by atoms with Gasteiger partial charge < -0.3 is 4.57 Å². The molecular formula is C13H17ClN4. The first-order valence-electron chi connectivity index (χ1n) is 5.99. The van der Waals surface area contributed by atoms with Crippen LogP contribution in [-0.2, 0) is 6.54 Å². The summed E-state index contributed by atoms with van der Waals surface area (Å²) in [6.07, 6.45) is 4.79. The van der Waals surface area contributed by atoms with E-state index >= 15 is 0 Å². The number of hydrogen-bond acceptors (Lipinski definition) is 3. The average Bonchev–Trinajstić information content (AvgIpc) is 2.82. The number of hydrogen-bond donors (Lipinski definition) is 2. The number of rotatable bonds is 5. The molecule has 0 fully saturated rings. The van der Waals surface area contributed by atoms with Crippen molar-refractivity contribution in [1.29, 1.82) is 0 Å². The van der Waals surface area contributed by atoms with Gasteiger partial charge in [-0.2, -0.15) is 0 Å². The molecule has 1 atom stereocenters. The van der Waals surface area contributed by atoms with Crippen LogP contribution in [0.3, 0.4) is 0 Å². The Balaban J connectivity index is 2.39. The van der Waals surface area contributed by atoms with Gasteiger partial charge in [0.1, 0.15) is 11.9 Å². The summed E-state index contributed by atoms with van der Waals surface area (Å²) in [5.41, 5.74) is 3.73. The van der Waals surface area contributed by atoms with E-state index in [2.05, 4.69) is 21.9 Å². The monoisotopic (exact) mass is 264 g/mol. The summed E-state index contributed by atoms with van der Waals surface area (Å²) in [5.74, 6) is 6.55. The molecule has 0 amide bonds. The molecule has 0 aliphatic rings. The second kappa shape index (κ2) is 6.00. The van der Waals surface area contributed by atoms with Gasteiger partial charge in [-0.3, -0.25) is 5.84 Å². The minimum absolute atomic E-state index is 0.194. The third-order valence-electron chi connectivity index (χ3n) is 2.85. The standard InChI is InChI=1S/C13H17ClN4/c1-2-8-18-9-7-16-13(18)12(17-15)10-5-3-4-6-11(10)14/h3-7,9,12,17H,2,8,15H2,1H3. The summed E-state index contributed by atoms with van der Waals surface area (Å²) in [4.78, 5) is 4.39. The first-order chi connectivity index (χ1) is 8.77. The van der Waals surface area contributed by atoms with Gasteiger partial charge in [-0.05, 0) is 18.1 Å². The zero-order chi connectivity index (χ0) is 13.0. The Morgan fingerprint density at radius 3 is 2.89 bits per heavy atom. The SMILES string of the molecule is CCCn1ccnc1C(NN)c1ccccc1Cl. The van der Waals surface area contributed by atoms with Crippen LogP contribution in [-0.4, -0.2) is 9.55 Å². The topological polar surface area (TPSA) is 55.9 Å². The van der Waals surface area contributed by atoms with Crippen molar-refractivity contribution in [2.75, 3.05) is 0 Å². The lowest BCUT2D eigenvalue weighted by atomic mass is 10.1. The van der Waals surface area contributed by atoms with Crippen LogP contribution in [0.5, 0.6) is 0 Å². The fraction of sp³-hybridized carbons (Fsp3) is 0.308. The molecule has 0 aliphatic carbocycles. The number of aromatic nitrogens is 2. The number of imidazole rings is 1. The highest BCUT2D eigenvalue weighted by molar-refractivity contribution is 6.31. The number of nitrogens with zero attached hydrogens (tertiary/aromatic N) is 2. The van der Waals surface area contributed by atoms with E-state index in [1.54, 1.807) is 6.20 Å². The van der Waals surface area contributed by atoms with Gasteiger partial charge in [-0.1, -0.05) is 36.7 Å². The minimum Gasteiger partial charge on any atom is -0.333 e. The maximum atomic E-state index is 6.21. The molecule has 96 valence electrons. The van der Waals surface area contributed by atoms with Crippen LogP contribution < -0.4 is 11.3 Å². The first-order valence-corrected chi connectivity index (χ1v) is 6.37. The predicted octanol–water partition coefficient (Wildman–Crippen LogP) is 2.50. The Hall–Kier alpha value is -1.36. The molecule has 1 unspecified atom stereocenters. The van der Waals surface area contributed by atoms with E-state index < -0.39 is 0 Å². The number of aryl methyl sites for hydroxylation is 1. The van der Waals surface area contributed by atoms with Gasteiger partial charge in [0.2, 0.25) is 0 Å². The number of hydrazine groups is 1. The summed E-state index contributed by atoms with van der Waals surface area (Å²) in [6.45, 7) is 3.04. The van der Waals surface area contributed by atoms with Crippen molar-refractivity contribution in [1.82, 2.24) is 15.0 Å². The molecule has 3 N–H and O–H groups in total. The summed E-state index contributed by atoms with van der Waals surface area (Å²) in [5, 5.41) is 0.687. The predicted molar refractivity (Wildman–Crippen MR) is 73.1 cm³/mol. The number of halogens is 1. The molecule has 5 heteroatoms. The van der Waals surface area contributed by atoms with E-state index in [4.69, 9.17) is 17.4 Å². The van der Waals surface area contributed by atoms with Crippen LogP contribution in [0.4, 0.5) is 0 Å². The van der Waals surface area contributed by atoms with Crippen LogP contribution in [0.15, 0.2) is 36.7 Å². The van der Waals surface area contributed by atoms with Crippen molar-refractivity contribution in [2.45, 2.75) is 25.9 Å². The van der Waals surface area contributed by atoms with E-state index in [0.717, 1.165) is 24.4 Å². The van der Waals surface area contributed by atoms with E-state index in [0.29, 0.717) is 5.02 Å². The first kappa shape index (κ1) is 13.1. The minimum atomic E-state index is -0.194. The van der Waals surface area contributed by atoms with Crippen molar-refractivity contribution in [2.24, 2.45) is 5.84 Å². The highest BCUT2D eigenvalue weighted by atomic mass is 35.5. The third-order valence-corrected chi connectivity index (χ3v) is 3.20. The normalized spacial score (nSPS) is 12.6. The summed E-state index contributed by atoms with van der Waals surface area (Å²) >= 11 is 6.21. The van der Waals surface area contributed by atoms with Crippen molar-refractivity contribution >= 4 is 11.6 Å². The van der Waals surface area contributed by atoms with Crippen LogP contribution in [0.1, 0.15) is 30.8 Å². The zero-order valence-corrected chi connectivity index (χ0v) is 11.1. The molecule has 0 radical (unpaired) electrons. The highest BCUT2D eigenvalue weighted by Crippen LogP contribution is 2.26. The number of nitrogens with one attached hydrogen (secondary N) is 1. The van der Waals surface area contributed by atoms with Crippen molar-refractivity contribution < 1.29 is 0 Å². The van der Waals surface area contributed by atoms with Gasteiger partial charge in [-0.15, -0.1) is 0 Å². The molecule has 1 aromatic carbocycles. The van der Waals surface area contributed by atoms with Gasteiger partial charge >= 0.3 is 0 Å². The largest absolute Gasteiger partial charge is 0.333 e. The van der Waals surface area contributed by atoms with Crippen LogP contribution >= 0.6 is 11.6 Å². The summed E-state index contributed by atoms with van der Waals surface area (Å²) in [6, 6.07) is 7.46. The molecule has 1 heterocycles.